The number of hydrogen-bond acceptors (Lipinski definition) is 5. The van der Waals surface area contributed by atoms with Crippen LogP contribution in [0.5, 0.6) is 5.75 Å². The quantitative estimate of drug-likeness (QED) is 0.375. The molecule has 1 aromatic heterocycles. The highest BCUT2D eigenvalue weighted by Crippen LogP contribution is 2.42. The summed E-state index contributed by atoms with van der Waals surface area (Å²) in [5.41, 5.74) is 7.14. The number of nitrogens with zero attached hydrogens (tertiary/aromatic N) is 2. The molecule has 202 valence electrons. The molecule has 5 rings (SSSR count). The second-order valence-electron chi connectivity index (χ2n) is 10.8. The Morgan fingerprint density at radius 1 is 1.13 bits per heavy atom. The number of esters is 1. The van der Waals surface area contributed by atoms with E-state index in [1.54, 1.807) is 13.3 Å². The van der Waals surface area contributed by atoms with Crippen LogP contribution in [0.15, 0.2) is 30.5 Å². The van der Waals surface area contributed by atoms with Crippen LogP contribution < -0.4 is 4.74 Å². The summed E-state index contributed by atoms with van der Waals surface area (Å²) in [7, 11) is 1.68. The zero-order valence-corrected chi connectivity index (χ0v) is 22.9. The number of rotatable bonds is 6. The predicted molar refractivity (Wildman–Crippen MR) is 147 cm³/mol. The van der Waals surface area contributed by atoms with Crippen LogP contribution in [0.4, 0.5) is 4.79 Å². The Morgan fingerprint density at radius 2 is 1.89 bits per heavy atom. The van der Waals surface area contributed by atoms with Gasteiger partial charge in [-0.25, -0.2) is 9.59 Å². The van der Waals surface area contributed by atoms with Gasteiger partial charge in [-0.2, -0.15) is 0 Å². The highest BCUT2D eigenvalue weighted by atomic mass is 16.5. The Bertz CT molecular complexity index is 1370. The van der Waals surface area contributed by atoms with E-state index in [4.69, 9.17) is 9.47 Å². The Hall–Kier alpha value is -3.32. The van der Waals surface area contributed by atoms with Gasteiger partial charge >= 0.3 is 12.1 Å². The molecule has 0 bridgehead atoms. The molecule has 1 saturated heterocycles. The lowest BCUT2D eigenvalue weighted by Crippen LogP contribution is -2.37. The minimum absolute atomic E-state index is 0.212. The van der Waals surface area contributed by atoms with Gasteiger partial charge in [0.1, 0.15) is 5.75 Å². The van der Waals surface area contributed by atoms with Crippen molar-refractivity contribution in [1.82, 2.24) is 9.47 Å². The summed E-state index contributed by atoms with van der Waals surface area (Å²) in [4.78, 5) is 27.2. The first kappa shape index (κ1) is 26.3. The van der Waals surface area contributed by atoms with Crippen molar-refractivity contribution in [3.63, 3.8) is 0 Å². The number of methoxy groups -OCH3 is 1. The van der Waals surface area contributed by atoms with Crippen LogP contribution in [-0.2, 0) is 24.1 Å². The number of aryl methyl sites for hydroxylation is 1. The van der Waals surface area contributed by atoms with Crippen molar-refractivity contribution in [1.29, 1.82) is 0 Å². The average molecular weight is 519 g/mol. The minimum atomic E-state index is -0.989. The fourth-order valence-electron chi connectivity index (χ4n) is 6.58. The van der Waals surface area contributed by atoms with Crippen LogP contribution in [-0.4, -0.2) is 46.9 Å². The number of fused-ring (bicyclic) bond motifs is 2. The second kappa shape index (κ2) is 10.8. The van der Waals surface area contributed by atoms with Crippen LogP contribution in [0, 0.1) is 12.8 Å². The third-order valence-electron chi connectivity index (χ3n) is 8.42. The molecule has 2 atom stereocenters. The van der Waals surface area contributed by atoms with Crippen molar-refractivity contribution in [2.24, 2.45) is 5.92 Å². The zero-order valence-electron chi connectivity index (χ0n) is 22.9. The molecular weight excluding hydrogens is 480 g/mol. The van der Waals surface area contributed by atoms with Crippen molar-refractivity contribution in [2.45, 2.75) is 71.9 Å². The smallest absolute Gasteiger partial charge is 0.416 e. The van der Waals surface area contributed by atoms with Gasteiger partial charge < -0.3 is 14.6 Å². The van der Waals surface area contributed by atoms with Crippen LogP contribution in [0.3, 0.4) is 0 Å². The molecule has 2 heterocycles. The topological polar surface area (TPSA) is 81.0 Å². The van der Waals surface area contributed by atoms with E-state index in [0.29, 0.717) is 24.6 Å². The molecule has 3 aromatic rings. The zero-order chi connectivity index (χ0) is 27.0. The summed E-state index contributed by atoms with van der Waals surface area (Å²) in [5.74, 6) is 1.16. The summed E-state index contributed by atoms with van der Waals surface area (Å²) in [6, 6.07) is 8.20. The molecular formula is C31H38N2O5. The number of carbonyl (C=O) groups is 2. The molecule has 7 heteroatoms. The lowest BCUT2D eigenvalue weighted by atomic mass is 9.79. The normalized spacial score (nSPS) is 19.8. The molecule has 1 fully saturated rings. The van der Waals surface area contributed by atoms with E-state index >= 15 is 0 Å². The van der Waals surface area contributed by atoms with Gasteiger partial charge in [-0.05, 0) is 105 Å². The summed E-state index contributed by atoms with van der Waals surface area (Å²) in [5, 5.41) is 10.7. The standard InChI is InChI=1S/C31H38N2O5/c1-5-38-30(34)25-11-10-23(21-8-6-7-9-22(21)25)27-16-19(2)12-14-32(27)18-26-24-13-15-33(31(35)36)29(24)20(3)17-28(26)37-4/h10-11,13,15,17,19,27H,5-9,12,14,16,18H2,1-4H3,(H,35,36). The average Bonchev–Trinajstić information content (AvgIpc) is 3.37. The first-order valence-electron chi connectivity index (χ1n) is 13.8. The van der Waals surface area contributed by atoms with Crippen molar-refractivity contribution < 1.29 is 24.2 Å². The minimum Gasteiger partial charge on any atom is -0.496 e. The summed E-state index contributed by atoms with van der Waals surface area (Å²) < 4.78 is 12.5. The third kappa shape index (κ3) is 4.68. The molecule has 0 saturated carbocycles. The van der Waals surface area contributed by atoms with Gasteiger partial charge in [0.15, 0.2) is 0 Å². The van der Waals surface area contributed by atoms with E-state index in [-0.39, 0.29) is 12.0 Å². The van der Waals surface area contributed by atoms with Crippen LogP contribution in [0.25, 0.3) is 10.9 Å². The molecule has 0 spiro atoms. The maximum Gasteiger partial charge on any atom is 0.416 e. The molecule has 2 aliphatic rings. The lowest BCUT2D eigenvalue weighted by molar-refractivity contribution is 0.0524. The molecule has 7 nitrogen and oxygen atoms in total. The van der Waals surface area contributed by atoms with Gasteiger partial charge in [-0.3, -0.25) is 9.47 Å². The van der Waals surface area contributed by atoms with Crippen molar-refractivity contribution >= 4 is 23.0 Å². The second-order valence-corrected chi connectivity index (χ2v) is 10.8. The van der Waals surface area contributed by atoms with E-state index in [2.05, 4.69) is 17.9 Å². The maximum atomic E-state index is 12.7. The van der Waals surface area contributed by atoms with Gasteiger partial charge in [0.2, 0.25) is 0 Å². The highest BCUT2D eigenvalue weighted by Gasteiger charge is 2.33. The van der Waals surface area contributed by atoms with Crippen LogP contribution in [0.1, 0.15) is 83.7 Å². The summed E-state index contributed by atoms with van der Waals surface area (Å²) in [6.07, 6.45) is 6.90. The van der Waals surface area contributed by atoms with Crippen LogP contribution in [0.2, 0.25) is 0 Å². The number of piperidine rings is 1. The number of carboxylic acid groups (broad SMARTS) is 1. The number of hydrogen-bond donors (Lipinski definition) is 1. The molecule has 1 aliphatic carbocycles. The first-order valence-corrected chi connectivity index (χ1v) is 13.8. The van der Waals surface area contributed by atoms with Gasteiger partial charge in [0.05, 0.1) is 24.8 Å². The van der Waals surface area contributed by atoms with Gasteiger partial charge in [0, 0.05) is 29.7 Å². The Kier molecular flexibility index (Phi) is 7.48. The van der Waals surface area contributed by atoms with E-state index in [9.17, 15) is 14.7 Å². The number of aromatic nitrogens is 1. The monoisotopic (exact) mass is 518 g/mol. The summed E-state index contributed by atoms with van der Waals surface area (Å²) >= 11 is 0. The molecule has 2 unspecified atom stereocenters. The maximum absolute atomic E-state index is 12.7. The van der Waals surface area contributed by atoms with Gasteiger partial charge in [-0.15, -0.1) is 0 Å². The fourth-order valence-corrected chi connectivity index (χ4v) is 6.58. The van der Waals surface area contributed by atoms with Gasteiger partial charge in [0.25, 0.3) is 0 Å². The fraction of sp³-hybridized carbons (Fsp3) is 0.484. The van der Waals surface area contributed by atoms with E-state index in [1.807, 2.05) is 32.0 Å². The number of carbonyl (C=O) groups excluding carboxylic acids is 1. The number of benzene rings is 2. The molecule has 0 radical (unpaired) electrons. The van der Waals surface area contributed by atoms with Crippen molar-refractivity contribution in [3.8, 4) is 5.75 Å². The molecule has 0 amide bonds. The first-order chi connectivity index (χ1) is 18.3. The molecule has 1 N–H and O–H groups in total. The Labute approximate surface area is 224 Å². The molecule has 2 aromatic carbocycles. The van der Waals surface area contributed by atoms with E-state index in [1.165, 1.54) is 21.3 Å². The predicted octanol–water partition coefficient (Wildman–Crippen LogP) is 6.51. The largest absolute Gasteiger partial charge is 0.496 e. The Morgan fingerprint density at radius 3 is 2.61 bits per heavy atom. The van der Waals surface area contributed by atoms with Crippen LogP contribution >= 0.6 is 0 Å². The Balaban J connectivity index is 1.58. The number of ether oxygens (including phenoxy) is 2. The van der Waals surface area contributed by atoms with E-state index < -0.39 is 6.09 Å². The van der Waals surface area contributed by atoms with Gasteiger partial charge in [-0.1, -0.05) is 13.0 Å². The third-order valence-corrected chi connectivity index (χ3v) is 8.42. The number of likely N-dealkylation sites (tertiary alicyclic amines) is 1. The van der Waals surface area contributed by atoms with Crippen molar-refractivity contribution in [2.75, 3.05) is 20.3 Å². The lowest BCUT2D eigenvalue weighted by Gasteiger charge is -2.41. The van der Waals surface area contributed by atoms with E-state index in [0.717, 1.165) is 72.9 Å². The molecule has 38 heavy (non-hydrogen) atoms. The van der Waals surface area contributed by atoms with Crippen molar-refractivity contribution in [3.05, 3.63) is 63.8 Å². The summed E-state index contributed by atoms with van der Waals surface area (Å²) in [6.45, 7) is 8.08. The molecule has 1 aliphatic heterocycles. The SMILES string of the molecule is CCOC(=O)c1ccc(C2CC(C)CCN2Cc2c(OC)cc(C)c3c2ccn3C(=O)O)c2c1CCCC2. The highest BCUT2D eigenvalue weighted by molar-refractivity contribution is 5.94.